The van der Waals surface area contributed by atoms with E-state index in [9.17, 15) is 0 Å². The summed E-state index contributed by atoms with van der Waals surface area (Å²) >= 11 is 6.18. The van der Waals surface area contributed by atoms with Crippen molar-refractivity contribution in [3.8, 4) is 0 Å². The number of hydrogen-bond acceptors (Lipinski definition) is 2. The van der Waals surface area contributed by atoms with Gasteiger partial charge in [-0.25, -0.2) is 4.72 Å². The first-order chi connectivity index (χ1) is 6.86. The van der Waals surface area contributed by atoms with Crippen LogP contribution in [0.1, 0.15) is 0 Å². The van der Waals surface area contributed by atoms with Crippen molar-refractivity contribution < 1.29 is 0 Å². The minimum atomic E-state index is 0. The Hall–Kier alpha value is -0.220. The van der Waals surface area contributed by atoms with Crippen LogP contribution in [0, 0.1) is 0 Å². The zero-order valence-corrected chi connectivity index (χ0v) is 10.6. The first-order valence-corrected chi connectivity index (χ1v) is 6.61. The summed E-state index contributed by atoms with van der Waals surface area (Å²) in [5.74, 6) is 0. The minimum absolute atomic E-state index is 0. The Morgan fingerprint density at radius 3 is 2.67 bits per heavy atom. The molecule has 1 radical (unpaired) electrons. The third kappa shape index (κ3) is 1.78. The third-order valence-electron chi connectivity index (χ3n) is 2.19. The molecule has 0 amide bonds. The van der Waals surface area contributed by atoms with Crippen molar-refractivity contribution in [2.24, 2.45) is 0 Å². The second-order valence-corrected chi connectivity index (χ2v) is 5.29. The van der Waals surface area contributed by atoms with E-state index in [0.717, 1.165) is 21.5 Å². The molecular weight excluding hydrogens is 269 g/mol. The van der Waals surface area contributed by atoms with Crippen LogP contribution < -0.4 is 4.72 Å². The lowest BCUT2D eigenvalue weighted by Crippen LogP contribution is -1.82. The summed E-state index contributed by atoms with van der Waals surface area (Å²) in [6.45, 7) is 0. The molecule has 1 nitrogen and oxygen atoms in total. The van der Waals surface area contributed by atoms with Gasteiger partial charge in [-0.05, 0) is 16.9 Å². The highest BCUT2D eigenvalue weighted by Crippen LogP contribution is 2.49. The van der Waals surface area contributed by atoms with Gasteiger partial charge in [-0.1, -0.05) is 35.9 Å². The van der Waals surface area contributed by atoms with Gasteiger partial charge >= 0.3 is 0 Å². The van der Waals surface area contributed by atoms with Gasteiger partial charge in [0.15, 0.2) is 0 Å². The Labute approximate surface area is 107 Å². The molecule has 0 bridgehead atoms. The SMILES string of the molecule is Cl.Clc1cc2c(c3ccccc13)[N]SS2. The third-order valence-corrected chi connectivity index (χ3v) is 4.31. The number of fused-ring (bicyclic) bond motifs is 3. The second kappa shape index (κ2) is 4.34. The van der Waals surface area contributed by atoms with Gasteiger partial charge in [0.05, 0.1) is 5.69 Å². The first kappa shape index (κ1) is 11.3. The molecule has 0 aliphatic carbocycles. The van der Waals surface area contributed by atoms with Gasteiger partial charge in [-0.2, -0.15) is 0 Å². The molecule has 2 aromatic rings. The van der Waals surface area contributed by atoms with Gasteiger partial charge in [0.1, 0.15) is 0 Å². The molecule has 0 N–H and O–H groups in total. The van der Waals surface area contributed by atoms with Crippen LogP contribution in [0.15, 0.2) is 35.2 Å². The van der Waals surface area contributed by atoms with E-state index in [4.69, 9.17) is 11.6 Å². The van der Waals surface area contributed by atoms with Crippen molar-refractivity contribution in [3.05, 3.63) is 35.4 Å². The van der Waals surface area contributed by atoms with Crippen molar-refractivity contribution in [1.29, 1.82) is 0 Å². The monoisotopic (exact) mass is 274 g/mol. The van der Waals surface area contributed by atoms with Crippen LogP contribution in [0.5, 0.6) is 0 Å². The van der Waals surface area contributed by atoms with E-state index >= 15 is 0 Å². The minimum Gasteiger partial charge on any atom is -0.203 e. The number of nitrogens with zero attached hydrogens (tertiary/aromatic N) is 1. The maximum absolute atomic E-state index is 6.18. The first-order valence-electron chi connectivity index (χ1n) is 4.12. The molecule has 15 heavy (non-hydrogen) atoms. The van der Waals surface area contributed by atoms with Crippen LogP contribution in [-0.2, 0) is 0 Å². The van der Waals surface area contributed by atoms with Crippen LogP contribution >= 0.6 is 45.8 Å². The fourth-order valence-electron chi connectivity index (χ4n) is 1.55. The van der Waals surface area contributed by atoms with E-state index in [1.807, 2.05) is 24.3 Å². The molecule has 0 spiro atoms. The zero-order valence-electron chi connectivity index (χ0n) is 7.44. The zero-order chi connectivity index (χ0) is 9.54. The molecule has 0 atom stereocenters. The molecule has 77 valence electrons. The normalized spacial score (nSPS) is 13.1. The molecule has 2 aromatic carbocycles. The molecule has 0 fully saturated rings. The maximum Gasteiger partial charge on any atom is 0.0947 e. The smallest absolute Gasteiger partial charge is 0.0947 e. The lowest BCUT2D eigenvalue weighted by Gasteiger charge is -2.04. The molecule has 5 heteroatoms. The summed E-state index contributed by atoms with van der Waals surface area (Å²) in [7, 11) is 3.17. The molecule has 1 heterocycles. The van der Waals surface area contributed by atoms with E-state index < -0.39 is 0 Å². The van der Waals surface area contributed by atoms with Crippen molar-refractivity contribution in [1.82, 2.24) is 4.72 Å². The van der Waals surface area contributed by atoms with Crippen LogP contribution in [0.4, 0.5) is 5.69 Å². The summed E-state index contributed by atoms with van der Waals surface area (Å²) in [6.07, 6.45) is 0. The maximum atomic E-state index is 6.18. The molecule has 1 aliphatic rings. The van der Waals surface area contributed by atoms with Gasteiger partial charge in [0.2, 0.25) is 0 Å². The molecule has 0 saturated heterocycles. The largest absolute Gasteiger partial charge is 0.203 e. The molecule has 1 aliphatic heterocycles. The van der Waals surface area contributed by atoms with Crippen molar-refractivity contribution in [3.63, 3.8) is 0 Å². The molecule has 3 rings (SSSR count). The van der Waals surface area contributed by atoms with E-state index in [1.165, 1.54) is 15.9 Å². The predicted molar refractivity (Wildman–Crippen MR) is 71.4 cm³/mol. The van der Waals surface area contributed by atoms with Crippen molar-refractivity contribution in [2.45, 2.75) is 4.90 Å². The topological polar surface area (TPSA) is 14.1 Å². The summed E-state index contributed by atoms with van der Waals surface area (Å²) < 4.78 is 4.39. The van der Waals surface area contributed by atoms with Gasteiger partial charge in [-0.15, -0.1) is 12.4 Å². The van der Waals surface area contributed by atoms with Crippen molar-refractivity contribution in [2.75, 3.05) is 0 Å². The Morgan fingerprint density at radius 1 is 1.13 bits per heavy atom. The number of halogens is 2. The number of rotatable bonds is 0. The van der Waals surface area contributed by atoms with Crippen LogP contribution in [-0.4, -0.2) is 0 Å². The molecule has 0 saturated carbocycles. The van der Waals surface area contributed by atoms with Gasteiger partial charge in [-0.3, -0.25) is 0 Å². The van der Waals surface area contributed by atoms with E-state index in [1.54, 1.807) is 10.8 Å². The molecule has 0 unspecified atom stereocenters. The fourth-order valence-corrected chi connectivity index (χ4v) is 3.69. The summed E-state index contributed by atoms with van der Waals surface area (Å²) in [5, 5.41) is 3.04. The van der Waals surface area contributed by atoms with Gasteiger partial charge in [0.25, 0.3) is 0 Å². The van der Waals surface area contributed by atoms with Crippen LogP contribution in [0.25, 0.3) is 10.8 Å². The van der Waals surface area contributed by atoms with E-state index in [-0.39, 0.29) is 12.4 Å². The Morgan fingerprint density at radius 2 is 1.87 bits per heavy atom. The van der Waals surface area contributed by atoms with E-state index in [0.29, 0.717) is 0 Å². The fraction of sp³-hybridized carbons (Fsp3) is 0. The standard InChI is InChI=1S/C10H5ClNS2.ClH/c11-8-5-9-10(12-14-13-9)7-4-2-1-3-6(7)8;/h1-5H;1H. The number of hydrogen-bond donors (Lipinski definition) is 0. The van der Waals surface area contributed by atoms with E-state index in [2.05, 4.69) is 10.8 Å². The Bertz CT molecular complexity index is 516. The second-order valence-electron chi connectivity index (χ2n) is 3.00. The number of benzene rings is 2. The summed E-state index contributed by atoms with van der Waals surface area (Å²) in [5.41, 5.74) is 1.07. The van der Waals surface area contributed by atoms with Gasteiger partial charge in [0, 0.05) is 31.7 Å². The average Bonchev–Trinajstić information content (AvgIpc) is 2.66. The molecular formula is C10H6Cl2NS2. The molecule has 0 aromatic heterocycles. The predicted octanol–water partition coefficient (Wildman–Crippen LogP) is 4.82. The van der Waals surface area contributed by atoms with Gasteiger partial charge < -0.3 is 0 Å². The summed E-state index contributed by atoms with van der Waals surface area (Å²) in [6, 6.07) is 10.1. The lowest BCUT2D eigenvalue weighted by molar-refractivity contribution is 1.34. The van der Waals surface area contributed by atoms with Crippen LogP contribution in [0.2, 0.25) is 5.02 Å². The lowest BCUT2D eigenvalue weighted by atomic mass is 10.1. The highest BCUT2D eigenvalue weighted by molar-refractivity contribution is 8.76. The van der Waals surface area contributed by atoms with Crippen LogP contribution in [0.3, 0.4) is 0 Å². The summed E-state index contributed by atoms with van der Waals surface area (Å²) in [4.78, 5) is 1.17. The highest BCUT2D eigenvalue weighted by Gasteiger charge is 2.18. The van der Waals surface area contributed by atoms with Crippen molar-refractivity contribution >= 4 is 62.2 Å². The Kier molecular flexibility index (Phi) is 3.26. The highest BCUT2D eigenvalue weighted by atomic mass is 35.5. The quantitative estimate of drug-likeness (QED) is 0.505. The Balaban J connectivity index is 0.000000853. The average molecular weight is 275 g/mol.